The first-order chi connectivity index (χ1) is 5.26. The first-order valence-corrected chi connectivity index (χ1v) is 5.51. The Kier molecular flexibility index (Phi) is 6.50. The second kappa shape index (κ2) is 6.58. The molecule has 0 aromatic heterocycles. The second-order valence-corrected chi connectivity index (χ2v) is 4.02. The van der Waals surface area contributed by atoms with Crippen LogP contribution in [-0.4, -0.2) is 29.5 Å². The minimum absolute atomic E-state index is 0.439. The van der Waals surface area contributed by atoms with Crippen LogP contribution in [0.4, 0.5) is 0 Å². The highest BCUT2D eigenvalue weighted by Crippen LogP contribution is 2.03. The van der Waals surface area contributed by atoms with Crippen LogP contribution in [0.15, 0.2) is 12.7 Å². The van der Waals surface area contributed by atoms with Crippen LogP contribution in [0.1, 0.15) is 13.8 Å². The zero-order valence-electron chi connectivity index (χ0n) is 7.85. The van der Waals surface area contributed by atoms with Crippen LogP contribution < -0.4 is 10.6 Å². The third-order valence-electron chi connectivity index (χ3n) is 1.75. The molecule has 0 amide bonds. The molecule has 0 heterocycles. The molecule has 1 unspecified atom stereocenters. The van der Waals surface area contributed by atoms with Crippen LogP contribution >= 0.6 is 0 Å². The topological polar surface area (TPSA) is 24.1 Å². The molecule has 0 fully saturated rings. The standard InChI is InChI=1S/C8H20N2Si/c1-4-7(11)8(9-5-2)10-6-3/h4,7-10H,1,5-6H2,2-3,11H3. The monoisotopic (exact) mass is 172 g/mol. The number of rotatable bonds is 6. The molecule has 2 nitrogen and oxygen atoms in total. The molecule has 66 valence electrons. The summed E-state index contributed by atoms with van der Waals surface area (Å²) in [6, 6.07) is 0. The molecule has 0 bridgehead atoms. The van der Waals surface area contributed by atoms with Crippen molar-refractivity contribution in [2.24, 2.45) is 0 Å². The van der Waals surface area contributed by atoms with E-state index in [4.69, 9.17) is 0 Å². The molecule has 0 aliphatic heterocycles. The van der Waals surface area contributed by atoms with Gasteiger partial charge in [-0.15, -0.1) is 6.58 Å². The van der Waals surface area contributed by atoms with Crippen LogP contribution in [0.3, 0.4) is 0 Å². The van der Waals surface area contributed by atoms with E-state index >= 15 is 0 Å². The van der Waals surface area contributed by atoms with Gasteiger partial charge in [0, 0.05) is 10.2 Å². The maximum Gasteiger partial charge on any atom is 0.0601 e. The van der Waals surface area contributed by atoms with Gasteiger partial charge in [-0.1, -0.05) is 19.9 Å². The largest absolute Gasteiger partial charge is 0.302 e. The summed E-state index contributed by atoms with van der Waals surface area (Å²) < 4.78 is 0. The Balaban J connectivity index is 3.75. The Labute approximate surface area is 72.9 Å². The lowest BCUT2D eigenvalue weighted by Crippen LogP contribution is -2.44. The molecular formula is C8H20N2Si. The van der Waals surface area contributed by atoms with Crippen molar-refractivity contribution in [1.82, 2.24) is 10.6 Å². The summed E-state index contributed by atoms with van der Waals surface area (Å²) in [7, 11) is 1.16. The van der Waals surface area contributed by atoms with Crippen LogP contribution in [-0.2, 0) is 0 Å². The molecule has 0 aliphatic rings. The quantitative estimate of drug-likeness (QED) is 0.331. The lowest BCUT2D eigenvalue weighted by atomic mass is 10.3. The summed E-state index contributed by atoms with van der Waals surface area (Å²) >= 11 is 0. The third-order valence-corrected chi connectivity index (χ3v) is 2.88. The first-order valence-electron chi connectivity index (χ1n) is 4.35. The van der Waals surface area contributed by atoms with E-state index in [0.717, 1.165) is 23.3 Å². The molecule has 11 heavy (non-hydrogen) atoms. The van der Waals surface area contributed by atoms with Crippen LogP contribution in [0.2, 0.25) is 5.54 Å². The molecule has 0 aromatic rings. The van der Waals surface area contributed by atoms with E-state index < -0.39 is 0 Å². The molecule has 0 saturated heterocycles. The van der Waals surface area contributed by atoms with Gasteiger partial charge in [-0.2, -0.15) is 0 Å². The normalized spacial score (nSPS) is 13.7. The first kappa shape index (κ1) is 10.9. The van der Waals surface area contributed by atoms with Gasteiger partial charge in [0.1, 0.15) is 0 Å². The molecule has 0 saturated carbocycles. The average Bonchev–Trinajstić information content (AvgIpc) is 2.03. The number of hydrogen-bond donors (Lipinski definition) is 2. The minimum atomic E-state index is 0.439. The molecule has 0 radical (unpaired) electrons. The fourth-order valence-electron chi connectivity index (χ4n) is 1.02. The lowest BCUT2D eigenvalue weighted by Gasteiger charge is -2.22. The summed E-state index contributed by atoms with van der Waals surface area (Å²) in [6.45, 7) is 10.1. The average molecular weight is 172 g/mol. The van der Waals surface area contributed by atoms with Crippen LogP contribution in [0, 0.1) is 0 Å². The summed E-state index contributed by atoms with van der Waals surface area (Å²) in [5, 5.41) is 6.77. The Morgan fingerprint density at radius 2 is 1.82 bits per heavy atom. The highest BCUT2D eigenvalue weighted by Gasteiger charge is 2.09. The van der Waals surface area contributed by atoms with E-state index in [-0.39, 0.29) is 0 Å². The van der Waals surface area contributed by atoms with Gasteiger partial charge in [-0.05, 0) is 18.6 Å². The van der Waals surface area contributed by atoms with Crippen LogP contribution in [0.25, 0.3) is 0 Å². The molecule has 0 aromatic carbocycles. The predicted molar refractivity (Wildman–Crippen MR) is 55.0 cm³/mol. The van der Waals surface area contributed by atoms with Crippen molar-refractivity contribution in [1.29, 1.82) is 0 Å². The van der Waals surface area contributed by atoms with Gasteiger partial charge in [-0.3, -0.25) is 0 Å². The Morgan fingerprint density at radius 3 is 2.09 bits per heavy atom. The SMILES string of the molecule is C=CC([SiH3])C(NCC)NCC. The van der Waals surface area contributed by atoms with Crippen molar-refractivity contribution in [3.05, 3.63) is 12.7 Å². The highest BCUT2D eigenvalue weighted by molar-refractivity contribution is 6.13. The van der Waals surface area contributed by atoms with E-state index in [1.807, 2.05) is 6.08 Å². The molecule has 0 rings (SSSR count). The zero-order valence-corrected chi connectivity index (χ0v) is 9.85. The van der Waals surface area contributed by atoms with Gasteiger partial charge in [0.2, 0.25) is 0 Å². The van der Waals surface area contributed by atoms with Gasteiger partial charge in [0.15, 0.2) is 0 Å². The Bertz CT molecular complexity index is 100. The van der Waals surface area contributed by atoms with Crippen molar-refractivity contribution in [3.63, 3.8) is 0 Å². The van der Waals surface area contributed by atoms with E-state index in [2.05, 4.69) is 31.1 Å². The van der Waals surface area contributed by atoms with Gasteiger partial charge in [0.05, 0.1) is 6.17 Å². The molecule has 0 spiro atoms. The van der Waals surface area contributed by atoms with Crippen molar-refractivity contribution in [2.75, 3.05) is 13.1 Å². The van der Waals surface area contributed by atoms with Crippen molar-refractivity contribution >= 4 is 10.2 Å². The molecule has 2 N–H and O–H groups in total. The Hall–Kier alpha value is -0.123. The number of nitrogens with one attached hydrogen (secondary N) is 2. The van der Waals surface area contributed by atoms with Gasteiger partial charge in [0.25, 0.3) is 0 Å². The molecule has 3 heteroatoms. The maximum atomic E-state index is 3.80. The summed E-state index contributed by atoms with van der Waals surface area (Å²) in [5.41, 5.74) is 0.620. The van der Waals surface area contributed by atoms with Crippen molar-refractivity contribution in [2.45, 2.75) is 25.6 Å². The summed E-state index contributed by atoms with van der Waals surface area (Å²) in [6.07, 6.45) is 2.47. The van der Waals surface area contributed by atoms with E-state index in [1.165, 1.54) is 0 Å². The van der Waals surface area contributed by atoms with Gasteiger partial charge >= 0.3 is 0 Å². The fraction of sp³-hybridized carbons (Fsp3) is 0.750. The third kappa shape index (κ3) is 4.34. The molecular weight excluding hydrogens is 152 g/mol. The number of hydrogen-bond acceptors (Lipinski definition) is 2. The van der Waals surface area contributed by atoms with E-state index in [9.17, 15) is 0 Å². The minimum Gasteiger partial charge on any atom is -0.302 e. The van der Waals surface area contributed by atoms with E-state index in [1.54, 1.807) is 0 Å². The van der Waals surface area contributed by atoms with Crippen LogP contribution in [0.5, 0.6) is 0 Å². The lowest BCUT2D eigenvalue weighted by molar-refractivity contribution is 0.448. The smallest absolute Gasteiger partial charge is 0.0601 e. The summed E-state index contributed by atoms with van der Waals surface area (Å²) in [4.78, 5) is 0. The molecule has 1 atom stereocenters. The van der Waals surface area contributed by atoms with E-state index in [0.29, 0.717) is 11.7 Å². The van der Waals surface area contributed by atoms with Gasteiger partial charge < -0.3 is 10.6 Å². The van der Waals surface area contributed by atoms with Crippen molar-refractivity contribution < 1.29 is 0 Å². The zero-order chi connectivity index (χ0) is 8.69. The molecule has 0 aliphatic carbocycles. The second-order valence-electron chi connectivity index (χ2n) is 2.69. The van der Waals surface area contributed by atoms with Crippen molar-refractivity contribution in [3.8, 4) is 0 Å². The highest BCUT2D eigenvalue weighted by atomic mass is 28.1. The fourth-order valence-corrected chi connectivity index (χ4v) is 1.49. The maximum absolute atomic E-state index is 3.80. The van der Waals surface area contributed by atoms with Gasteiger partial charge in [-0.25, -0.2) is 0 Å². The predicted octanol–water partition coefficient (Wildman–Crippen LogP) is -0.129. The Morgan fingerprint density at radius 1 is 1.36 bits per heavy atom. The summed E-state index contributed by atoms with van der Waals surface area (Å²) in [5.74, 6) is 0.